The lowest BCUT2D eigenvalue weighted by atomic mass is 9.90. The number of thiophene rings is 1. The first kappa shape index (κ1) is 14.8. The Balaban J connectivity index is 2.38. The predicted octanol–water partition coefficient (Wildman–Crippen LogP) is 4.17. The van der Waals surface area contributed by atoms with E-state index in [0.29, 0.717) is 15.8 Å². The predicted molar refractivity (Wildman–Crippen MR) is 75.4 cm³/mol. The van der Waals surface area contributed by atoms with E-state index in [4.69, 9.17) is 23.2 Å². The first-order valence-electron chi connectivity index (χ1n) is 5.45. The maximum Gasteiger partial charge on any atom is 0.261 e. The van der Waals surface area contributed by atoms with Crippen LogP contribution < -0.4 is 5.32 Å². The smallest absolute Gasteiger partial charge is 0.261 e. The lowest BCUT2D eigenvalue weighted by Gasteiger charge is -2.21. The minimum Gasteiger partial charge on any atom is -0.350 e. The summed E-state index contributed by atoms with van der Waals surface area (Å²) in [6.45, 7) is 6.86. The van der Waals surface area contributed by atoms with Gasteiger partial charge in [-0.3, -0.25) is 4.79 Å². The van der Waals surface area contributed by atoms with Gasteiger partial charge in [0.1, 0.15) is 0 Å². The normalized spacial score (nSPS) is 13.5. The molecule has 1 atom stereocenters. The van der Waals surface area contributed by atoms with Crippen LogP contribution in [0, 0.1) is 5.41 Å². The molecule has 0 aliphatic carbocycles. The topological polar surface area (TPSA) is 29.1 Å². The molecule has 1 aromatic heterocycles. The van der Waals surface area contributed by atoms with Gasteiger partial charge in [-0.1, -0.05) is 32.4 Å². The number of halogens is 2. The Labute approximate surface area is 116 Å². The SMILES string of the molecule is CC(C)(C)CC(Cl)CNC(=O)c1ccc(Cl)s1. The fraction of sp³-hybridized carbons (Fsp3) is 0.583. The quantitative estimate of drug-likeness (QED) is 0.829. The zero-order valence-electron chi connectivity index (χ0n) is 10.2. The van der Waals surface area contributed by atoms with E-state index in [9.17, 15) is 4.79 Å². The Morgan fingerprint density at radius 3 is 2.59 bits per heavy atom. The van der Waals surface area contributed by atoms with E-state index in [1.165, 1.54) is 11.3 Å². The first-order chi connectivity index (χ1) is 7.78. The lowest BCUT2D eigenvalue weighted by Crippen LogP contribution is -2.31. The molecular formula is C12H17Cl2NOS. The van der Waals surface area contributed by atoms with Crippen molar-refractivity contribution in [1.29, 1.82) is 0 Å². The summed E-state index contributed by atoms with van der Waals surface area (Å²) in [4.78, 5) is 12.3. The summed E-state index contributed by atoms with van der Waals surface area (Å²) in [5, 5.41) is 2.77. The van der Waals surface area contributed by atoms with Gasteiger partial charge >= 0.3 is 0 Å². The molecule has 1 aromatic rings. The zero-order chi connectivity index (χ0) is 13.1. The molecule has 0 aliphatic rings. The van der Waals surface area contributed by atoms with Crippen LogP contribution >= 0.6 is 34.5 Å². The molecule has 0 fully saturated rings. The molecule has 17 heavy (non-hydrogen) atoms. The second-order valence-electron chi connectivity index (χ2n) is 5.18. The second kappa shape index (κ2) is 6.07. The molecule has 1 N–H and O–H groups in total. The van der Waals surface area contributed by atoms with Crippen LogP contribution in [0.5, 0.6) is 0 Å². The molecule has 1 unspecified atom stereocenters. The molecule has 0 aromatic carbocycles. The van der Waals surface area contributed by atoms with Crippen LogP contribution in [0.2, 0.25) is 4.34 Å². The van der Waals surface area contributed by atoms with E-state index in [2.05, 4.69) is 26.1 Å². The average molecular weight is 294 g/mol. The Morgan fingerprint density at radius 2 is 2.12 bits per heavy atom. The number of alkyl halides is 1. The van der Waals surface area contributed by atoms with Gasteiger partial charge in [0.2, 0.25) is 0 Å². The van der Waals surface area contributed by atoms with Crippen molar-refractivity contribution in [2.24, 2.45) is 5.41 Å². The third-order valence-electron chi connectivity index (χ3n) is 2.11. The summed E-state index contributed by atoms with van der Waals surface area (Å²) in [5.74, 6) is -0.110. The maximum atomic E-state index is 11.7. The molecule has 5 heteroatoms. The van der Waals surface area contributed by atoms with E-state index in [1.54, 1.807) is 12.1 Å². The molecule has 0 saturated heterocycles. The molecule has 1 amide bonds. The Bertz CT molecular complexity index is 384. The van der Waals surface area contributed by atoms with Gasteiger partial charge in [-0.05, 0) is 24.0 Å². The van der Waals surface area contributed by atoms with Crippen LogP contribution in [0.15, 0.2) is 12.1 Å². The Kier molecular flexibility index (Phi) is 5.29. The van der Waals surface area contributed by atoms with Gasteiger partial charge in [-0.2, -0.15) is 0 Å². The number of rotatable bonds is 4. The largest absolute Gasteiger partial charge is 0.350 e. The van der Waals surface area contributed by atoms with Crippen LogP contribution in [-0.2, 0) is 0 Å². The monoisotopic (exact) mass is 293 g/mol. The van der Waals surface area contributed by atoms with E-state index < -0.39 is 0 Å². The van der Waals surface area contributed by atoms with Gasteiger partial charge < -0.3 is 5.32 Å². The number of carbonyl (C=O) groups is 1. The fourth-order valence-electron chi connectivity index (χ4n) is 1.46. The summed E-state index contributed by atoms with van der Waals surface area (Å²) >= 11 is 13.2. The summed E-state index contributed by atoms with van der Waals surface area (Å²) in [7, 11) is 0. The lowest BCUT2D eigenvalue weighted by molar-refractivity contribution is 0.0956. The molecule has 2 nitrogen and oxygen atoms in total. The zero-order valence-corrected chi connectivity index (χ0v) is 12.5. The Morgan fingerprint density at radius 1 is 1.47 bits per heavy atom. The fourth-order valence-corrected chi connectivity index (χ4v) is 2.96. The van der Waals surface area contributed by atoms with Crippen molar-refractivity contribution in [2.75, 3.05) is 6.54 Å². The molecule has 96 valence electrons. The van der Waals surface area contributed by atoms with Gasteiger partial charge in [0, 0.05) is 6.54 Å². The molecular weight excluding hydrogens is 277 g/mol. The van der Waals surface area contributed by atoms with Crippen molar-refractivity contribution in [3.8, 4) is 0 Å². The van der Waals surface area contributed by atoms with Crippen molar-refractivity contribution >= 4 is 40.4 Å². The molecule has 0 aliphatic heterocycles. The highest BCUT2D eigenvalue weighted by Crippen LogP contribution is 2.24. The minimum absolute atomic E-state index is 0.0469. The van der Waals surface area contributed by atoms with Crippen molar-refractivity contribution in [3.63, 3.8) is 0 Å². The Hall–Kier alpha value is -0.250. The number of amides is 1. The van der Waals surface area contributed by atoms with Gasteiger partial charge in [-0.25, -0.2) is 0 Å². The van der Waals surface area contributed by atoms with Crippen LogP contribution in [0.1, 0.15) is 36.9 Å². The van der Waals surface area contributed by atoms with Crippen molar-refractivity contribution in [1.82, 2.24) is 5.32 Å². The molecule has 0 spiro atoms. The van der Waals surface area contributed by atoms with Gasteiger partial charge in [0.05, 0.1) is 14.6 Å². The van der Waals surface area contributed by atoms with E-state index in [0.717, 1.165) is 6.42 Å². The van der Waals surface area contributed by atoms with E-state index in [1.807, 2.05) is 0 Å². The summed E-state index contributed by atoms with van der Waals surface area (Å²) in [5.41, 5.74) is 0.170. The molecule has 1 heterocycles. The molecule has 0 radical (unpaired) electrons. The summed E-state index contributed by atoms with van der Waals surface area (Å²) in [6, 6.07) is 3.43. The van der Waals surface area contributed by atoms with Crippen molar-refractivity contribution in [2.45, 2.75) is 32.6 Å². The highest BCUT2D eigenvalue weighted by molar-refractivity contribution is 7.17. The standard InChI is InChI=1S/C12H17Cl2NOS/c1-12(2,3)6-8(13)7-15-11(16)9-4-5-10(14)17-9/h4-5,8H,6-7H2,1-3H3,(H,15,16). The molecule has 0 bridgehead atoms. The van der Waals surface area contributed by atoms with Crippen LogP contribution in [0.25, 0.3) is 0 Å². The van der Waals surface area contributed by atoms with Crippen LogP contribution in [0.3, 0.4) is 0 Å². The van der Waals surface area contributed by atoms with Crippen molar-refractivity contribution in [3.05, 3.63) is 21.3 Å². The van der Waals surface area contributed by atoms with Gasteiger partial charge in [0.25, 0.3) is 5.91 Å². The van der Waals surface area contributed by atoms with Gasteiger partial charge in [0.15, 0.2) is 0 Å². The van der Waals surface area contributed by atoms with Crippen LogP contribution in [-0.4, -0.2) is 17.8 Å². The summed E-state index contributed by atoms with van der Waals surface area (Å²) in [6.07, 6.45) is 0.861. The van der Waals surface area contributed by atoms with E-state index >= 15 is 0 Å². The number of nitrogens with one attached hydrogen (secondary N) is 1. The number of hydrogen-bond donors (Lipinski definition) is 1. The maximum absolute atomic E-state index is 11.7. The highest BCUT2D eigenvalue weighted by atomic mass is 35.5. The summed E-state index contributed by atoms with van der Waals surface area (Å²) < 4.78 is 0.618. The second-order valence-corrected chi connectivity index (χ2v) is 7.51. The minimum atomic E-state index is -0.110. The van der Waals surface area contributed by atoms with Crippen LogP contribution in [0.4, 0.5) is 0 Å². The highest BCUT2D eigenvalue weighted by Gasteiger charge is 2.18. The number of carbonyl (C=O) groups excluding carboxylic acids is 1. The third-order valence-corrected chi connectivity index (χ3v) is 3.65. The van der Waals surface area contributed by atoms with Crippen molar-refractivity contribution < 1.29 is 4.79 Å². The first-order valence-corrected chi connectivity index (χ1v) is 7.08. The van der Waals surface area contributed by atoms with E-state index in [-0.39, 0.29) is 16.7 Å². The molecule has 0 saturated carbocycles. The van der Waals surface area contributed by atoms with Gasteiger partial charge in [-0.15, -0.1) is 22.9 Å². The number of hydrogen-bond acceptors (Lipinski definition) is 2. The molecule has 1 rings (SSSR count). The average Bonchev–Trinajstić information content (AvgIpc) is 2.58. The third kappa shape index (κ3) is 5.75.